The highest BCUT2D eigenvalue weighted by Gasteiger charge is 2.43. The number of carboxylic acids is 1. The van der Waals surface area contributed by atoms with Gasteiger partial charge in [-0.2, -0.15) is 0 Å². The molecule has 7 heteroatoms. The number of carboxylic acid groups (broad SMARTS) is 1. The number of nitrogens with one attached hydrogen (secondary N) is 1. The van der Waals surface area contributed by atoms with E-state index in [4.69, 9.17) is 5.11 Å². The van der Waals surface area contributed by atoms with Gasteiger partial charge in [-0.3, -0.25) is 4.79 Å². The number of aromatic carboxylic acids is 1. The minimum Gasteiger partial charge on any atom is -0.506 e. The van der Waals surface area contributed by atoms with Gasteiger partial charge in [0.05, 0.1) is 11.8 Å². The van der Waals surface area contributed by atoms with E-state index in [1.54, 1.807) is 6.92 Å². The predicted octanol–water partition coefficient (Wildman–Crippen LogP) is 0.776. The van der Waals surface area contributed by atoms with Crippen LogP contribution in [0.25, 0.3) is 0 Å². The quantitative estimate of drug-likeness (QED) is 0.755. The Bertz CT molecular complexity index is 624. The van der Waals surface area contributed by atoms with Crippen LogP contribution >= 0.6 is 0 Å². The molecule has 2 rings (SSSR count). The smallest absolute Gasteiger partial charge is 0.338 e. The van der Waals surface area contributed by atoms with Crippen LogP contribution in [0.3, 0.4) is 0 Å². The maximum Gasteiger partial charge on any atom is 0.338 e. The molecular weight excluding hydrogens is 262 g/mol. The number of nitrogens with zero attached hydrogens (tertiary/aromatic N) is 2. The molecule has 3 N–H and O–H groups in total. The van der Waals surface area contributed by atoms with Crippen molar-refractivity contribution in [2.24, 2.45) is 10.9 Å². The lowest BCUT2D eigenvalue weighted by molar-refractivity contribution is -0.124. The van der Waals surface area contributed by atoms with Gasteiger partial charge in [0.1, 0.15) is 17.0 Å². The fourth-order valence-corrected chi connectivity index (χ4v) is 1.85. The monoisotopic (exact) mass is 277 g/mol. The van der Waals surface area contributed by atoms with Crippen LogP contribution in [0.5, 0.6) is 5.75 Å². The molecule has 0 radical (unpaired) electrons. The van der Waals surface area contributed by atoms with Gasteiger partial charge in [0, 0.05) is 0 Å². The second-order valence-corrected chi connectivity index (χ2v) is 5.11. The number of hydrogen-bond donors (Lipinski definition) is 3. The topological polar surface area (TPSA) is 112 Å². The molecule has 106 valence electrons. The van der Waals surface area contributed by atoms with Crippen molar-refractivity contribution < 1.29 is 19.8 Å². The number of carbonyl (C=O) groups is 2. The lowest BCUT2D eigenvalue weighted by Gasteiger charge is -2.21. The molecule has 0 spiro atoms. The molecule has 20 heavy (non-hydrogen) atoms. The third kappa shape index (κ3) is 2.11. The summed E-state index contributed by atoms with van der Waals surface area (Å²) in [5.41, 5.74) is -1.13. The number of carbonyl (C=O) groups excluding carboxylic acids is 1. The summed E-state index contributed by atoms with van der Waals surface area (Å²) in [7, 11) is 0. The van der Waals surface area contributed by atoms with E-state index in [1.807, 2.05) is 13.8 Å². The highest BCUT2D eigenvalue weighted by molar-refractivity contribution is 6.17. The SMILES string of the molecule is CC(C)[C@]1(C)N=C(c2ncc(O)cc2C(=O)O)NC1=O. The van der Waals surface area contributed by atoms with Crippen molar-refractivity contribution in [3.05, 3.63) is 23.5 Å². The maximum absolute atomic E-state index is 12.0. The molecule has 1 aliphatic rings. The zero-order valence-electron chi connectivity index (χ0n) is 11.3. The van der Waals surface area contributed by atoms with Crippen LogP contribution in [0.1, 0.15) is 36.8 Å². The lowest BCUT2D eigenvalue weighted by Crippen LogP contribution is -2.41. The molecule has 1 aliphatic heterocycles. The van der Waals surface area contributed by atoms with Gasteiger partial charge in [0.25, 0.3) is 5.91 Å². The van der Waals surface area contributed by atoms with Crippen molar-refractivity contribution in [2.45, 2.75) is 26.3 Å². The molecule has 1 atom stereocenters. The Balaban J connectivity index is 2.54. The fourth-order valence-electron chi connectivity index (χ4n) is 1.85. The average Bonchev–Trinajstić information content (AvgIpc) is 2.66. The number of aromatic hydroxyl groups is 1. The molecule has 1 aromatic heterocycles. The fraction of sp³-hybridized carbons (Fsp3) is 0.385. The number of aliphatic imine (C=N–C) groups is 1. The summed E-state index contributed by atoms with van der Waals surface area (Å²) in [6, 6.07) is 1.07. The van der Waals surface area contributed by atoms with Gasteiger partial charge in [-0.1, -0.05) is 13.8 Å². The molecule has 0 aromatic carbocycles. The van der Waals surface area contributed by atoms with Crippen LogP contribution in [0.4, 0.5) is 0 Å². The van der Waals surface area contributed by atoms with Crippen LogP contribution in [0, 0.1) is 5.92 Å². The summed E-state index contributed by atoms with van der Waals surface area (Å²) in [5, 5.41) is 21.0. The summed E-state index contributed by atoms with van der Waals surface area (Å²) >= 11 is 0. The highest BCUT2D eigenvalue weighted by atomic mass is 16.4. The molecular formula is C13H15N3O4. The molecule has 0 saturated carbocycles. The van der Waals surface area contributed by atoms with Crippen LogP contribution in [0.15, 0.2) is 17.3 Å². The van der Waals surface area contributed by atoms with Gasteiger partial charge in [0.15, 0.2) is 5.84 Å². The third-order valence-corrected chi connectivity index (χ3v) is 3.49. The van der Waals surface area contributed by atoms with E-state index in [1.165, 1.54) is 0 Å². The minimum absolute atomic E-state index is 0.0352. The zero-order valence-corrected chi connectivity index (χ0v) is 11.3. The first-order chi connectivity index (χ1) is 9.25. The zero-order chi connectivity index (χ0) is 15.1. The minimum atomic E-state index is -1.25. The van der Waals surface area contributed by atoms with Crippen molar-refractivity contribution in [1.29, 1.82) is 0 Å². The molecule has 0 bridgehead atoms. The highest BCUT2D eigenvalue weighted by Crippen LogP contribution is 2.27. The number of rotatable bonds is 3. The van der Waals surface area contributed by atoms with Crippen molar-refractivity contribution >= 4 is 17.7 Å². The first-order valence-electron chi connectivity index (χ1n) is 6.09. The Morgan fingerprint density at radius 3 is 2.60 bits per heavy atom. The standard InChI is InChI=1S/C13H15N3O4/c1-6(2)13(3)12(20)15-10(16-13)9-8(11(18)19)4-7(17)5-14-9/h4-6,17H,1-3H3,(H,18,19)(H,15,16,20)/t13-/m0/s1. The second kappa shape index (κ2) is 4.59. The van der Waals surface area contributed by atoms with E-state index in [9.17, 15) is 14.7 Å². The molecule has 0 unspecified atom stereocenters. The number of amidine groups is 1. The van der Waals surface area contributed by atoms with Gasteiger partial charge in [0.2, 0.25) is 0 Å². The van der Waals surface area contributed by atoms with Crippen molar-refractivity contribution in [3.8, 4) is 5.75 Å². The van der Waals surface area contributed by atoms with E-state index in [0.29, 0.717) is 0 Å². The third-order valence-electron chi connectivity index (χ3n) is 3.49. The Morgan fingerprint density at radius 1 is 1.45 bits per heavy atom. The first kappa shape index (κ1) is 14.0. The second-order valence-electron chi connectivity index (χ2n) is 5.11. The van der Waals surface area contributed by atoms with E-state index in [2.05, 4.69) is 15.3 Å². The van der Waals surface area contributed by atoms with Gasteiger partial charge in [-0.25, -0.2) is 14.8 Å². The summed E-state index contributed by atoms with van der Waals surface area (Å²) < 4.78 is 0. The summed E-state index contributed by atoms with van der Waals surface area (Å²) in [6.07, 6.45) is 1.11. The van der Waals surface area contributed by atoms with Crippen LogP contribution in [-0.4, -0.2) is 38.4 Å². The predicted molar refractivity (Wildman–Crippen MR) is 70.8 cm³/mol. The normalized spacial score (nSPS) is 21.8. The number of aromatic nitrogens is 1. The number of amides is 1. The van der Waals surface area contributed by atoms with Gasteiger partial charge < -0.3 is 15.5 Å². The van der Waals surface area contributed by atoms with Crippen molar-refractivity contribution in [2.75, 3.05) is 0 Å². The average molecular weight is 277 g/mol. The molecule has 0 aliphatic carbocycles. The van der Waals surface area contributed by atoms with E-state index < -0.39 is 11.5 Å². The van der Waals surface area contributed by atoms with Crippen LogP contribution in [-0.2, 0) is 4.79 Å². The van der Waals surface area contributed by atoms with E-state index >= 15 is 0 Å². The van der Waals surface area contributed by atoms with Gasteiger partial charge in [-0.05, 0) is 18.9 Å². The van der Waals surface area contributed by atoms with E-state index in [-0.39, 0.29) is 34.7 Å². The number of pyridine rings is 1. The van der Waals surface area contributed by atoms with Crippen LogP contribution < -0.4 is 5.32 Å². The maximum atomic E-state index is 12.0. The van der Waals surface area contributed by atoms with Gasteiger partial charge in [-0.15, -0.1) is 0 Å². The molecule has 0 fully saturated rings. The molecule has 0 saturated heterocycles. The summed E-state index contributed by atoms with van der Waals surface area (Å²) in [4.78, 5) is 31.4. The Morgan fingerprint density at radius 2 is 2.10 bits per heavy atom. The van der Waals surface area contributed by atoms with Crippen molar-refractivity contribution in [1.82, 2.24) is 10.3 Å². The first-order valence-corrected chi connectivity index (χ1v) is 6.09. The van der Waals surface area contributed by atoms with E-state index in [0.717, 1.165) is 12.3 Å². The van der Waals surface area contributed by atoms with Crippen molar-refractivity contribution in [3.63, 3.8) is 0 Å². The molecule has 1 aromatic rings. The Hall–Kier alpha value is -2.44. The summed E-state index contributed by atoms with van der Waals surface area (Å²) in [6.45, 7) is 5.39. The summed E-state index contributed by atoms with van der Waals surface area (Å²) in [5.74, 6) is -1.75. The molecule has 1 amide bonds. The van der Waals surface area contributed by atoms with Crippen LogP contribution in [0.2, 0.25) is 0 Å². The largest absolute Gasteiger partial charge is 0.506 e. The Kier molecular flexibility index (Phi) is 3.21. The van der Waals surface area contributed by atoms with Gasteiger partial charge >= 0.3 is 5.97 Å². The lowest BCUT2D eigenvalue weighted by atomic mass is 9.89. The number of hydrogen-bond acceptors (Lipinski definition) is 5. The molecule has 2 heterocycles. The molecule has 7 nitrogen and oxygen atoms in total. The Labute approximate surface area is 115 Å².